The van der Waals surface area contributed by atoms with Crippen molar-refractivity contribution in [2.75, 3.05) is 13.1 Å². The Labute approximate surface area is 174 Å². The van der Waals surface area contributed by atoms with Gasteiger partial charge in [-0.1, -0.05) is 29.0 Å². The molecule has 3 aromatic rings. The number of aryl methyl sites for hydroxylation is 1. The van der Waals surface area contributed by atoms with E-state index < -0.39 is 11.2 Å². The molecule has 1 aliphatic rings. The fourth-order valence-corrected chi connectivity index (χ4v) is 4.49. The van der Waals surface area contributed by atoms with Crippen LogP contribution in [0.15, 0.2) is 40.1 Å². The molecule has 8 nitrogen and oxygen atoms in total. The van der Waals surface area contributed by atoms with Crippen LogP contribution in [0.1, 0.15) is 19.3 Å². The van der Waals surface area contributed by atoms with Crippen LogP contribution in [0.25, 0.3) is 10.2 Å². The summed E-state index contributed by atoms with van der Waals surface area (Å²) in [4.78, 5) is 43.6. The van der Waals surface area contributed by atoms with Crippen LogP contribution in [0.5, 0.6) is 5.19 Å². The normalized spacial score (nSPS) is 15.0. The number of aromatic amines is 1. The summed E-state index contributed by atoms with van der Waals surface area (Å²) in [6, 6.07) is 6.92. The number of para-hydroxylation sites is 1. The van der Waals surface area contributed by atoms with Gasteiger partial charge in [-0.15, -0.1) is 0 Å². The fraction of sp³-hybridized carbons (Fsp3) is 0.368. The van der Waals surface area contributed by atoms with Gasteiger partial charge in [-0.05, 0) is 12.1 Å². The highest BCUT2D eigenvalue weighted by atomic mass is 35.5. The molecular weight excluding hydrogens is 416 g/mol. The Bertz CT molecular complexity index is 1150. The second-order valence-corrected chi connectivity index (χ2v) is 8.22. The lowest BCUT2D eigenvalue weighted by atomic mass is 10.1. The minimum Gasteiger partial charge on any atom is -0.467 e. The van der Waals surface area contributed by atoms with Crippen LogP contribution < -0.4 is 16.0 Å². The first-order valence-corrected chi connectivity index (χ1v) is 10.5. The Balaban J connectivity index is 1.29. The van der Waals surface area contributed by atoms with Crippen molar-refractivity contribution in [1.82, 2.24) is 19.4 Å². The smallest absolute Gasteiger partial charge is 0.328 e. The van der Waals surface area contributed by atoms with E-state index in [1.54, 1.807) is 11.0 Å². The first kappa shape index (κ1) is 19.7. The number of rotatable bonds is 5. The molecule has 0 aliphatic carbocycles. The summed E-state index contributed by atoms with van der Waals surface area (Å²) in [5.74, 6) is -0.0201. The summed E-state index contributed by atoms with van der Waals surface area (Å²) in [6.07, 6.45) is 3.04. The first-order valence-electron chi connectivity index (χ1n) is 9.29. The maximum Gasteiger partial charge on any atom is 0.328 e. The van der Waals surface area contributed by atoms with E-state index in [1.165, 1.54) is 28.2 Å². The highest BCUT2D eigenvalue weighted by Crippen LogP contribution is 2.33. The third-order valence-electron chi connectivity index (χ3n) is 4.88. The number of thiazole rings is 1. The number of benzene rings is 1. The number of H-pyrrole nitrogens is 1. The van der Waals surface area contributed by atoms with Crippen molar-refractivity contribution < 1.29 is 9.53 Å². The van der Waals surface area contributed by atoms with Crippen LogP contribution in [0.3, 0.4) is 0 Å². The number of hydrogen-bond acceptors (Lipinski definition) is 6. The molecule has 0 unspecified atom stereocenters. The van der Waals surface area contributed by atoms with Gasteiger partial charge >= 0.3 is 5.69 Å². The van der Waals surface area contributed by atoms with E-state index in [0.717, 1.165) is 10.2 Å². The van der Waals surface area contributed by atoms with Gasteiger partial charge in [-0.25, -0.2) is 9.78 Å². The van der Waals surface area contributed by atoms with Crippen molar-refractivity contribution in [1.29, 1.82) is 0 Å². The molecule has 2 aromatic heterocycles. The SMILES string of the molecule is O=C(CCn1ccc(=O)[nH]c1=O)N1CCC(Oc2nc3c(Cl)cccc3s2)CC1. The van der Waals surface area contributed by atoms with E-state index in [2.05, 4.69) is 9.97 Å². The second-order valence-electron chi connectivity index (χ2n) is 6.82. The van der Waals surface area contributed by atoms with Gasteiger partial charge < -0.3 is 14.2 Å². The summed E-state index contributed by atoms with van der Waals surface area (Å²) in [7, 11) is 0. The first-order chi connectivity index (χ1) is 14.0. The van der Waals surface area contributed by atoms with Gasteiger partial charge in [0.1, 0.15) is 11.6 Å². The van der Waals surface area contributed by atoms with E-state index in [4.69, 9.17) is 16.3 Å². The summed E-state index contributed by atoms with van der Waals surface area (Å²) >= 11 is 7.63. The molecule has 0 radical (unpaired) electrons. The fourth-order valence-electron chi connectivity index (χ4n) is 3.31. The zero-order chi connectivity index (χ0) is 20.4. The van der Waals surface area contributed by atoms with Crippen LogP contribution in [0.4, 0.5) is 0 Å². The van der Waals surface area contributed by atoms with E-state index in [-0.39, 0.29) is 25.0 Å². The predicted octanol–water partition coefficient (Wildman–Crippen LogP) is 2.26. The van der Waals surface area contributed by atoms with E-state index in [1.807, 2.05) is 12.1 Å². The molecule has 3 heterocycles. The van der Waals surface area contributed by atoms with Crippen molar-refractivity contribution >= 4 is 39.1 Å². The van der Waals surface area contributed by atoms with Crippen molar-refractivity contribution in [3.63, 3.8) is 0 Å². The Morgan fingerprint density at radius 2 is 2.07 bits per heavy atom. The van der Waals surface area contributed by atoms with Gasteiger partial charge in [0.25, 0.3) is 10.8 Å². The predicted molar refractivity (Wildman–Crippen MR) is 111 cm³/mol. The summed E-state index contributed by atoms with van der Waals surface area (Å²) in [6.45, 7) is 1.42. The summed E-state index contributed by atoms with van der Waals surface area (Å²) in [5.41, 5.74) is -0.206. The van der Waals surface area contributed by atoms with Crippen LogP contribution >= 0.6 is 22.9 Å². The molecular formula is C19H19ClN4O4S. The van der Waals surface area contributed by atoms with Gasteiger partial charge in [0, 0.05) is 51.2 Å². The molecule has 1 N–H and O–H groups in total. The van der Waals surface area contributed by atoms with Crippen molar-refractivity contribution in [2.24, 2.45) is 0 Å². The van der Waals surface area contributed by atoms with Crippen LogP contribution in [0.2, 0.25) is 5.02 Å². The molecule has 1 aliphatic heterocycles. The molecule has 152 valence electrons. The van der Waals surface area contributed by atoms with Crippen molar-refractivity contribution in [3.8, 4) is 5.19 Å². The lowest BCUT2D eigenvalue weighted by molar-refractivity contribution is -0.133. The molecule has 1 fully saturated rings. The zero-order valence-electron chi connectivity index (χ0n) is 15.5. The Morgan fingerprint density at radius 3 is 2.79 bits per heavy atom. The topological polar surface area (TPSA) is 97.3 Å². The Hall–Kier alpha value is -2.65. The molecule has 0 bridgehead atoms. The van der Waals surface area contributed by atoms with E-state index >= 15 is 0 Å². The number of carbonyl (C=O) groups is 1. The second kappa shape index (κ2) is 8.38. The lowest BCUT2D eigenvalue weighted by Gasteiger charge is -2.31. The number of aromatic nitrogens is 3. The molecule has 0 spiro atoms. The van der Waals surface area contributed by atoms with Gasteiger partial charge in [0.15, 0.2) is 0 Å². The maximum atomic E-state index is 12.4. The molecule has 10 heteroatoms. The number of halogens is 1. The number of amides is 1. The molecule has 1 aromatic carbocycles. The minimum absolute atomic E-state index is 0.000191. The maximum absolute atomic E-state index is 12.4. The average Bonchev–Trinajstić information content (AvgIpc) is 3.11. The Morgan fingerprint density at radius 1 is 1.28 bits per heavy atom. The molecule has 0 saturated carbocycles. The quantitative estimate of drug-likeness (QED) is 0.664. The Kier molecular flexibility index (Phi) is 5.68. The van der Waals surface area contributed by atoms with Crippen LogP contribution in [-0.2, 0) is 11.3 Å². The third kappa shape index (κ3) is 4.51. The number of fused-ring (bicyclic) bond motifs is 1. The number of likely N-dealkylation sites (tertiary alicyclic amines) is 1. The average molecular weight is 435 g/mol. The van der Waals surface area contributed by atoms with Crippen molar-refractivity contribution in [2.45, 2.75) is 31.9 Å². The standard InChI is InChI=1S/C19H19ClN4O4S/c20-13-2-1-3-14-17(13)22-19(29-14)28-12-4-8-23(9-5-12)16(26)7-11-24-10-6-15(25)21-18(24)27/h1-3,6,10,12H,4-5,7-9,11H2,(H,21,25,27). The summed E-state index contributed by atoms with van der Waals surface area (Å²) < 4.78 is 8.32. The number of hydrogen-bond donors (Lipinski definition) is 1. The van der Waals surface area contributed by atoms with Gasteiger partial charge in [0.2, 0.25) is 5.91 Å². The summed E-state index contributed by atoms with van der Waals surface area (Å²) in [5, 5.41) is 1.20. The van der Waals surface area contributed by atoms with Crippen LogP contribution in [0, 0.1) is 0 Å². The zero-order valence-corrected chi connectivity index (χ0v) is 17.0. The minimum atomic E-state index is -0.506. The molecule has 4 rings (SSSR count). The van der Waals surface area contributed by atoms with E-state index in [9.17, 15) is 14.4 Å². The van der Waals surface area contributed by atoms with Crippen LogP contribution in [-0.4, -0.2) is 44.5 Å². The number of nitrogens with one attached hydrogen (secondary N) is 1. The van der Waals surface area contributed by atoms with Gasteiger partial charge in [0.05, 0.1) is 9.72 Å². The monoisotopic (exact) mass is 434 g/mol. The lowest BCUT2D eigenvalue weighted by Crippen LogP contribution is -2.42. The number of ether oxygens (including phenoxy) is 1. The number of carbonyl (C=O) groups excluding carboxylic acids is 1. The number of piperidine rings is 1. The largest absolute Gasteiger partial charge is 0.467 e. The van der Waals surface area contributed by atoms with Gasteiger partial charge in [-0.3, -0.25) is 14.6 Å². The third-order valence-corrected chi connectivity index (χ3v) is 6.09. The molecule has 29 heavy (non-hydrogen) atoms. The molecule has 0 atom stereocenters. The molecule has 1 saturated heterocycles. The molecule has 1 amide bonds. The van der Waals surface area contributed by atoms with E-state index in [0.29, 0.717) is 36.1 Å². The number of nitrogens with zero attached hydrogens (tertiary/aromatic N) is 3. The van der Waals surface area contributed by atoms with Crippen molar-refractivity contribution in [3.05, 3.63) is 56.3 Å². The van der Waals surface area contributed by atoms with Gasteiger partial charge in [-0.2, -0.15) is 0 Å². The highest BCUT2D eigenvalue weighted by Gasteiger charge is 2.24. The highest BCUT2D eigenvalue weighted by molar-refractivity contribution is 7.20.